The SMILES string of the molecule is CCOc1cc(C2(O)CC2)c(OC)cc1C. The molecule has 0 atom stereocenters. The molecule has 0 bridgehead atoms. The first kappa shape index (κ1) is 11.3. The Morgan fingerprint density at radius 2 is 2.00 bits per heavy atom. The zero-order valence-electron chi connectivity index (χ0n) is 10.0. The molecule has 0 spiro atoms. The maximum Gasteiger partial charge on any atom is 0.125 e. The summed E-state index contributed by atoms with van der Waals surface area (Å²) in [4.78, 5) is 0. The Morgan fingerprint density at radius 1 is 1.31 bits per heavy atom. The van der Waals surface area contributed by atoms with E-state index in [1.165, 1.54) is 0 Å². The lowest BCUT2D eigenvalue weighted by atomic mass is 10.0. The summed E-state index contributed by atoms with van der Waals surface area (Å²) in [7, 11) is 1.63. The minimum atomic E-state index is -0.690. The Morgan fingerprint density at radius 3 is 2.50 bits per heavy atom. The average molecular weight is 222 g/mol. The Bertz CT molecular complexity index is 394. The normalized spacial score (nSPS) is 17.0. The smallest absolute Gasteiger partial charge is 0.125 e. The lowest BCUT2D eigenvalue weighted by molar-refractivity contribution is 0.147. The summed E-state index contributed by atoms with van der Waals surface area (Å²) in [6, 6.07) is 3.83. The van der Waals surface area contributed by atoms with E-state index in [-0.39, 0.29) is 0 Å². The molecule has 0 amide bonds. The Kier molecular flexibility index (Phi) is 2.80. The fraction of sp³-hybridized carbons (Fsp3) is 0.538. The number of hydrogen-bond donors (Lipinski definition) is 1. The van der Waals surface area contributed by atoms with Gasteiger partial charge >= 0.3 is 0 Å². The molecule has 1 saturated carbocycles. The van der Waals surface area contributed by atoms with Crippen LogP contribution in [0.1, 0.15) is 30.9 Å². The molecule has 3 heteroatoms. The van der Waals surface area contributed by atoms with E-state index in [4.69, 9.17) is 9.47 Å². The molecule has 1 aliphatic carbocycles. The van der Waals surface area contributed by atoms with Crippen molar-refractivity contribution in [1.82, 2.24) is 0 Å². The Balaban J connectivity index is 2.44. The number of rotatable bonds is 4. The summed E-state index contributed by atoms with van der Waals surface area (Å²) in [5.74, 6) is 1.58. The number of hydrogen-bond acceptors (Lipinski definition) is 3. The summed E-state index contributed by atoms with van der Waals surface area (Å²) >= 11 is 0. The van der Waals surface area contributed by atoms with E-state index in [1.54, 1.807) is 7.11 Å². The molecule has 1 aromatic carbocycles. The lowest BCUT2D eigenvalue weighted by Gasteiger charge is -2.17. The second-order valence-electron chi connectivity index (χ2n) is 4.28. The van der Waals surface area contributed by atoms with Crippen LogP contribution < -0.4 is 9.47 Å². The average Bonchev–Trinajstić information content (AvgIpc) is 3.00. The van der Waals surface area contributed by atoms with Crippen LogP contribution >= 0.6 is 0 Å². The standard InChI is InChI=1S/C13H18O3/c1-4-16-11-8-10(13(14)5-6-13)12(15-3)7-9(11)2/h7-8,14H,4-6H2,1-3H3. The van der Waals surface area contributed by atoms with Crippen molar-refractivity contribution in [2.24, 2.45) is 0 Å². The number of methoxy groups -OCH3 is 1. The lowest BCUT2D eigenvalue weighted by Crippen LogP contribution is -2.08. The van der Waals surface area contributed by atoms with Crippen LogP contribution in [0.4, 0.5) is 0 Å². The van der Waals surface area contributed by atoms with Crippen LogP contribution in [0.3, 0.4) is 0 Å². The third kappa shape index (κ3) is 1.87. The molecule has 1 aliphatic rings. The highest BCUT2D eigenvalue weighted by molar-refractivity contribution is 5.50. The molecule has 1 fully saturated rings. The quantitative estimate of drug-likeness (QED) is 0.850. The second-order valence-corrected chi connectivity index (χ2v) is 4.28. The number of aryl methyl sites for hydroxylation is 1. The summed E-state index contributed by atoms with van der Waals surface area (Å²) in [6.45, 7) is 4.56. The molecule has 88 valence electrons. The molecule has 1 N–H and O–H groups in total. The highest BCUT2D eigenvalue weighted by Crippen LogP contribution is 2.50. The van der Waals surface area contributed by atoms with Gasteiger partial charge in [0.05, 0.1) is 19.3 Å². The molecule has 0 heterocycles. The third-order valence-electron chi connectivity index (χ3n) is 3.02. The number of ether oxygens (including phenoxy) is 2. The predicted molar refractivity (Wildman–Crippen MR) is 62.0 cm³/mol. The van der Waals surface area contributed by atoms with Crippen LogP contribution in [0.15, 0.2) is 12.1 Å². The highest BCUT2D eigenvalue weighted by Gasteiger charge is 2.44. The van der Waals surface area contributed by atoms with Gasteiger partial charge < -0.3 is 14.6 Å². The van der Waals surface area contributed by atoms with Gasteiger partial charge in [-0.15, -0.1) is 0 Å². The second kappa shape index (κ2) is 3.98. The Labute approximate surface area is 96.0 Å². The first-order valence-electron chi connectivity index (χ1n) is 5.65. The molecule has 16 heavy (non-hydrogen) atoms. The van der Waals surface area contributed by atoms with Crippen molar-refractivity contribution >= 4 is 0 Å². The van der Waals surface area contributed by atoms with Crippen molar-refractivity contribution in [3.63, 3.8) is 0 Å². The van der Waals surface area contributed by atoms with Gasteiger partial charge in [0.15, 0.2) is 0 Å². The van der Waals surface area contributed by atoms with Gasteiger partial charge in [0, 0.05) is 5.56 Å². The van der Waals surface area contributed by atoms with Gasteiger partial charge in [0.1, 0.15) is 11.5 Å². The minimum Gasteiger partial charge on any atom is -0.496 e. The molecular weight excluding hydrogens is 204 g/mol. The maximum atomic E-state index is 10.2. The van der Waals surface area contributed by atoms with Crippen LogP contribution in [0.5, 0.6) is 11.5 Å². The van der Waals surface area contributed by atoms with Crippen molar-refractivity contribution < 1.29 is 14.6 Å². The zero-order chi connectivity index (χ0) is 11.8. The van der Waals surface area contributed by atoms with E-state index in [9.17, 15) is 5.11 Å². The van der Waals surface area contributed by atoms with Crippen molar-refractivity contribution in [2.75, 3.05) is 13.7 Å². The minimum absolute atomic E-state index is 0.630. The van der Waals surface area contributed by atoms with Crippen LogP contribution in [0.25, 0.3) is 0 Å². The van der Waals surface area contributed by atoms with Crippen molar-refractivity contribution in [2.45, 2.75) is 32.3 Å². The first-order chi connectivity index (χ1) is 7.60. The molecule has 0 unspecified atom stereocenters. The van der Waals surface area contributed by atoms with Crippen molar-refractivity contribution in [3.8, 4) is 11.5 Å². The molecule has 2 rings (SSSR count). The molecule has 1 aromatic rings. The Hall–Kier alpha value is -1.22. The van der Waals surface area contributed by atoms with Crippen LogP contribution in [-0.2, 0) is 5.60 Å². The molecule has 3 nitrogen and oxygen atoms in total. The summed E-state index contributed by atoms with van der Waals surface area (Å²) in [5.41, 5.74) is 1.20. The first-order valence-corrected chi connectivity index (χ1v) is 5.65. The fourth-order valence-corrected chi connectivity index (χ4v) is 1.89. The molecular formula is C13H18O3. The summed E-state index contributed by atoms with van der Waals surface area (Å²) < 4.78 is 10.8. The van der Waals surface area contributed by atoms with Gasteiger partial charge in [0.25, 0.3) is 0 Å². The van der Waals surface area contributed by atoms with Gasteiger partial charge in [-0.2, -0.15) is 0 Å². The fourth-order valence-electron chi connectivity index (χ4n) is 1.89. The maximum absolute atomic E-state index is 10.2. The van der Waals surface area contributed by atoms with Crippen molar-refractivity contribution in [1.29, 1.82) is 0 Å². The monoisotopic (exact) mass is 222 g/mol. The van der Waals surface area contributed by atoms with Gasteiger partial charge in [-0.25, -0.2) is 0 Å². The predicted octanol–water partition coefficient (Wildman–Crippen LogP) is 2.38. The largest absolute Gasteiger partial charge is 0.496 e. The van der Waals surface area contributed by atoms with E-state index in [2.05, 4.69) is 0 Å². The van der Waals surface area contributed by atoms with Crippen molar-refractivity contribution in [3.05, 3.63) is 23.3 Å². The van der Waals surface area contributed by atoms with E-state index >= 15 is 0 Å². The van der Waals surface area contributed by atoms with Gasteiger partial charge in [0.2, 0.25) is 0 Å². The van der Waals surface area contributed by atoms with Crippen LogP contribution in [-0.4, -0.2) is 18.8 Å². The zero-order valence-corrected chi connectivity index (χ0v) is 10.0. The van der Waals surface area contributed by atoms with E-state index in [1.807, 2.05) is 26.0 Å². The van der Waals surface area contributed by atoms with E-state index < -0.39 is 5.60 Å². The number of aliphatic hydroxyl groups is 1. The number of benzene rings is 1. The highest BCUT2D eigenvalue weighted by atomic mass is 16.5. The third-order valence-corrected chi connectivity index (χ3v) is 3.02. The summed E-state index contributed by atoms with van der Waals surface area (Å²) in [5, 5.41) is 10.2. The van der Waals surface area contributed by atoms with Crippen LogP contribution in [0, 0.1) is 6.92 Å². The van der Waals surface area contributed by atoms with E-state index in [0.717, 1.165) is 35.5 Å². The molecule has 0 saturated heterocycles. The topological polar surface area (TPSA) is 38.7 Å². The molecule has 0 aromatic heterocycles. The summed E-state index contributed by atoms with van der Waals surface area (Å²) in [6.07, 6.45) is 1.61. The van der Waals surface area contributed by atoms with Gasteiger partial charge in [-0.1, -0.05) is 0 Å². The molecule has 0 radical (unpaired) electrons. The van der Waals surface area contributed by atoms with E-state index in [0.29, 0.717) is 6.61 Å². The van der Waals surface area contributed by atoms with Gasteiger partial charge in [-0.3, -0.25) is 0 Å². The van der Waals surface area contributed by atoms with Crippen LogP contribution in [0.2, 0.25) is 0 Å². The van der Waals surface area contributed by atoms with Gasteiger partial charge in [-0.05, 0) is 44.4 Å². The molecule has 0 aliphatic heterocycles.